The highest BCUT2D eigenvalue weighted by molar-refractivity contribution is 6.32. The molecule has 0 saturated carbocycles. The first-order valence-corrected chi connectivity index (χ1v) is 8.45. The Morgan fingerprint density at radius 3 is 2.40 bits per heavy atom. The minimum atomic E-state index is 0.272. The van der Waals surface area contributed by atoms with Crippen molar-refractivity contribution in [3.8, 4) is 11.5 Å². The Morgan fingerprint density at radius 1 is 0.920 bits per heavy atom. The second kappa shape index (κ2) is 7.95. The molecule has 0 atom stereocenters. The van der Waals surface area contributed by atoms with Crippen molar-refractivity contribution in [1.82, 2.24) is 0 Å². The van der Waals surface area contributed by atoms with Crippen LogP contribution < -0.4 is 9.64 Å². The molecule has 3 rings (SSSR count). The Morgan fingerprint density at radius 2 is 1.68 bits per heavy atom. The predicted octanol–water partition coefficient (Wildman–Crippen LogP) is 5.26. The summed E-state index contributed by atoms with van der Waals surface area (Å²) in [7, 11) is 1.99. The standard InChI is InChI=1S/C21H20ClNO2/c1-23(14-17-8-5-9-19(24)12-17)18-10-11-21(20(22)13-18)25-15-16-6-3-2-4-7-16/h2-13,24H,14-15H2,1H3. The zero-order chi connectivity index (χ0) is 17.6. The van der Waals surface area contributed by atoms with Crippen molar-refractivity contribution < 1.29 is 9.84 Å². The monoisotopic (exact) mass is 353 g/mol. The number of hydrogen-bond donors (Lipinski definition) is 1. The summed E-state index contributed by atoms with van der Waals surface area (Å²) in [4.78, 5) is 2.07. The predicted molar refractivity (Wildman–Crippen MR) is 102 cm³/mol. The summed E-state index contributed by atoms with van der Waals surface area (Å²) in [5.74, 6) is 0.939. The first kappa shape index (κ1) is 17.2. The quantitative estimate of drug-likeness (QED) is 0.656. The van der Waals surface area contributed by atoms with Gasteiger partial charge in [0.05, 0.1) is 5.02 Å². The number of ether oxygens (including phenoxy) is 1. The number of benzene rings is 3. The summed E-state index contributed by atoms with van der Waals surface area (Å²) >= 11 is 6.38. The lowest BCUT2D eigenvalue weighted by molar-refractivity contribution is 0.306. The van der Waals surface area contributed by atoms with E-state index in [0.717, 1.165) is 16.8 Å². The maximum atomic E-state index is 9.57. The second-order valence-electron chi connectivity index (χ2n) is 5.91. The van der Waals surface area contributed by atoms with Gasteiger partial charge in [-0.2, -0.15) is 0 Å². The zero-order valence-electron chi connectivity index (χ0n) is 14.0. The molecule has 3 nitrogen and oxygen atoms in total. The molecule has 0 bridgehead atoms. The van der Waals surface area contributed by atoms with Crippen LogP contribution in [0.15, 0.2) is 72.8 Å². The first-order chi connectivity index (χ1) is 12.1. The number of hydrogen-bond acceptors (Lipinski definition) is 3. The number of halogens is 1. The van der Waals surface area contributed by atoms with Crippen molar-refractivity contribution in [2.24, 2.45) is 0 Å². The lowest BCUT2D eigenvalue weighted by atomic mass is 10.2. The Balaban J connectivity index is 1.66. The van der Waals surface area contributed by atoms with E-state index >= 15 is 0 Å². The van der Waals surface area contributed by atoms with Crippen LogP contribution >= 0.6 is 11.6 Å². The van der Waals surface area contributed by atoms with Crippen LogP contribution in [0.5, 0.6) is 11.5 Å². The molecule has 25 heavy (non-hydrogen) atoms. The third kappa shape index (κ3) is 4.68. The highest BCUT2D eigenvalue weighted by Crippen LogP contribution is 2.30. The zero-order valence-corrected chi connectivity index (χ0v) is 14.8. The fourth-order valence-corrected chi connectivity index (χ4v) is 2.83. The number of phenols is 1. The molecule has 0 heterocycles. The van der Waals surface area contributed by atoms with Crippen molar-refractivity contribution in [3.05, 3.63) is 88.9 Å². The van der Waals surface area contributed by atoms with Crippen molar-refractivity contribution in [1.29, 1.82) is 0 Å². The first-order valence-electron chi connectivity index (χ1n) is 8.07. The van der Waals surface area contributed by atoms with Crippen LogP contribution in [0.25, 0.3) is 0 Å². The van der Waals surface area contributed by atoms with E-state index in [-0.39, 0.29) is 5.75 Å². The van der Waals surface area contributed by atoms with Crippen LogP contribution in [-0.4, -0.2) is 12.2 Å². The van der Waals surface area contributed by atoms with E-state index in [0.29, 0.717) is 23.9 Å². The van der Waals surface area contributed by atoms with Gasteiger partial charge in [0, 0.05) is 19.3 Å². The molecule has 0 saturated heterocycles. The molecule has 0 aromatic heterocycles. The molecule has 0 spiro atoms. The Labute approximate surface area is 153 Å². The number of phenolic OH excluding ortho intramolecular Hbond substituents is 1. The average Bonchev–Trinajstić information content (AvgIpc) is 2.61. The van der Waals surface area contributed by atoms with Gasteiger partial charge in [0.15, 0.2) is 0 Å². The van der Waals surface area contributed by atoms with E-state index in [9.17, 15) is 5.11 Å². The molecule has 0 fully saturated rings. The normalized spacial score (nSPS) is 10.5. The van der Waals surface area contributed by atoms with Crippen LogP contribution in [-0.2, 0) is 13.2 Å². The SMILES string of the molecule is CN(Cc1cccc(O)c1)c1ccc(OCc2ccccc2)c(Cl)c1. The van der Waals surface area contributed by atoms with Gasteiger partial charge >= 0.3 is 0 Å². The maximum absolute atomic E-state index is 9.57. The minimum Gasteiger partial charge on any atom is -0.508 e. The molecule has 3 aromatic carbocycles. The van der Waals surface area contributed by atoms with Crippen molar-refractivity contribution in [2.45, 2.75) is 13.2 Å². The van der Waals surface area contributed by atoms with E-state index in [1.807, 2.05) is 67.7 Å². The number of rotatable bonds is 6. The highest BCUT2D eigenvalue weighted by Gasteiger charge is 2.08. The van der Waals surface area contributed by atoms with E-state index in [4.69, 9.17) is 16.3 Å². The van der Waals surface area contributed by atoms with Crippen molar-refractivity contribution in [2.75, 3.05) is 11.9 Å². The third-order valence-electron chi connectivity index (χ3n) is 3.92. The van der Waals surface area contributed by atoms with Crippen molar-refractivity contribution in [3.63, 3.8) is 0 Å². The fourth-order valence-electron chi connectivity index (χ4n) is 2.60. The summed E-state index contributed by atoms with van der Waals surface area (Å²) in [6.07, 6.45) is 0. The van der Waals surface area contributed by atoms with Gasteiger partial charge in [-0.3, -0.25) is 0 Å². The van der Waals surface area contributed by atoms with Gasteiger partial charge in [-0.25, -0.2) is 0 Å². The smallest absolute Gasteiger partial charge is 0.138 e. The topological polar surface area (TPSA) is 32.7 Å². The lowest BCUT2D eigenvalue weighted by Gasteiger charge is -2.20. The van der Waals surface area contributed by atoms with E-state index in [1.54, 1.807) is 12.1 Å². The van der Waals surface area contributed by atoms with Gasteiger partial charge in [0.2, 0.25) is 0 Å². The molecule has 3 aromatic rings. The molecular formula is C21H20ClNO2. The van der Waals surface area contributed by atoms with Crippen LogP contribution in [0.2, 0.25) is 5.02 Å². The van der Waals surface area contributed by atoms with Crippen LogP contribution in [0.3, 0.4) is 0 Å². The van der Waals surface area contributed by atoms with Crippen molar-refractivity contribution >= 4 is 17.3 Å². The summed E-state index contributed by atoms with van der Waals surface area (Å²) in [6, 6.07) is 23.0. The molecule has 0 unspecified atom stereocenters. The Kier molecular flexibility index (Phi) is 5.46. The maximum Gasteiger partial charge on any atom is 0.138 e. The van der Waals surface area contributed by atoms with Gasteiger partial charge in [-0.05, 0) is 41.5 Å². The molecule has 4 heteroatoms. The largest absolute Gasteiger partial charge is 0.508 e. The highest BCUT2D eigenvalue weighted by atomic mass is 35.5. The molecule has 0 amide bonds. The number of anilines is 1. The molecule has 0 aliphatic rings. The van der Waals surface area contributed by atoms with Gasteiger partial charge in [-0.15, -0.1) is 0 Å². The lowest BCUT2D eigenvalue weighted by Crippen LogP contribution is -2.16. The summed E-state index contributed by atoms with van der Waals surface area (Å²) in [5, 5.41) is 10.2. The number of nitrogens with zero attached hydrogens (tertiary/aromatic N) is 1. The Hall–Kier alpha value is -2.65. The Bertz CT molecular complexity index is 836. The van der Waals surface area contributed by atoms with E-state index in [2.05, 4.69) is 4.90 Å². The van der Waals surface area contributed by atoms with Crippen LogP contribution in [0.1, 0.15) is 11.1 Å². The second-order valence-corrected chi connectivity index (χ2v) is 6.32. The van der Waals surface area contributed by atoms with Gasteiger partial charge in [0.25, 0.3) is 0 Å². The van der Waals surface area contributed by atoms with Gasteiger partial charge < -0.3 is 14.7 Å². The van der Waals surface area contributed by atoms with E-state index < -0.39 is 0 Å². The van der Waals surface area contributed by atoms with Crippen LogP contribution in [0.4, 0.5) is 5.69 Å². The summed E-state index contributed by atoms with van der Waals surface area (Å²) in [6.45, 7) is 1.16. The van der Waals surface area contributed by atoms with Gasteiger partial charge in [-0.1, -0.05) is 54.1 Å². The molecule has 0 aliphatic heterocycles. The summed E-state index contributed by atoms with van der Waals surface area (Å²) < 4.78 is 5.81. The molecular weight excluding hydrogens is 334 g/mol. The minimum absolute atomic E-state index is 0.272. The molecule has 0 radical (unpaired) electrons. The number of aromatic hydroxyl groups is 1. The third-order valence-corrected chi connectivity index (χ3v) is 4.22. The molecule has 1 N–H and O–H groups in total. The molecule has 0 aliphatic carbocycles. The average molecular weight is 354 g/mol. The van der Waals surface area contributed by atoms with Gasteiger partial charge in [0.1, 0.15) is 18.1 Å². The fraction of sp³-hybridized carbons (Fsp3) is 0.143. The van der Waals surface area contributed by atoms with E-state index in [1.165, 1.54) is 0 Å². The summed E-state index contributed by atoms with van der Waals surface area (Å²) in [5.41, 5.74) is 3.12. The molecule has 128 valence electrons. The van der Waals surface area contributed by atoms with Crippen LogP contribution in [0, 0.1) is 0 Å².